The van der Waals surface area contributed by atoms with Crippen LogP contribution in [0.3, 0.4) is 0 Å². The van der Waals surface area contributed by atoms with Crippen molar-refractivity contribution in [3.63, 3.8) is 0 Å². The van der Waals surface area contributed by atoms with Gasteiger partial charge in [-0.1, -0.05) is 0 Å². The Morgan fingerprint density at radius 2 is 2.57 bits per heavy atom. The average Bonchev–Trinajstić information content (AvgIpc) is 2.14. The van der Waals surface area contributed by atoms with Crippen LogP contribution in [0.25, 0.3) is 0 Å². The van der Waals surface area contributed by atoms with Gasteiger partial charge in [0, 0.05) is 0 Å². The van der Waals surface area contributed by atoms with Gasteiger partial charge in [-0.3, -0.25) is 0 Å². The molecule has 0 spiro atoms. The van der Waals surface area contributed by atoms with Crippen molar-refractivity contribution in [2.75, 3.05) is 0 Å². The van der Waals surface area contributed by atoms with E-state index >= 15 is 0 Å². The van der Waals surface area contributed by atoms with E-state index in [1.54, 1.807) is 12.5 Å². The molecule has 0 aliphatic carbocycles. The fourth-order valence-corrected chi connectivity index (χ4v) is 0.824. The second kappa shape index (κ2) is 2.22. The first kappa shape index (κ1) is 4.98. The molecule has 0 unspecified atom stereocenters. The van der Waals surface area contributed by atoms with E-state index in [1.165, 1.54) is 24.9 Å². The normalized spacial score (nSPS) is 8.57. The van der Waals surface area contributed by atoms with Gasteiger partial charge in [0.15, 0.2) is 0 Å². The van der Waals surface area contributed by atoms with Crippen LogP contribution in [0.15, 0.2) is 23.0 Å². The number of furan rings is 1. The first-order chi connectivity index (χ1) is 3.43. The molecule has 0 radical (unpaired) electrons. The summed E-state index contributed by atoms with van der Waals surface area (Å²) in [4.78, 5) is 0. The van der Waals surface area contributed by atoms with Gasteiger partial charge in [0.05, 0.1) is 0 Å². The van der Waals surface area contributed by atoms with Gasteiger partial charge < -0.3 is 0 Å². The van der Waals surface area contributed by atoms with Crippen molar-refractivity contribution in [3.8, 4) is 0 Å². The minimum absolute atomic E-state index is 1.18. The number of rotatable bonds is 1. The Balaban J connectivity index is 2.96. The van der Waals surface area contributed by atoms with Gasteiger partial charge in [0.25, 0.3) is 0 Å². The van der Waals surface area contributed by atoms with Crippen LogP contribution in [0.5, 0.6) is 0 Å². The molecular formula is C5H4OW. The molecule has 1 heterocycles. The molecule has 0 bridgehead atoms. The first-order valence-electron chi connectivity index (χ1n) is 1.91. The summed E-state index contributed by atoms with van der Waals surface area (Å²) in [5.41, 5.74) is 1.18. The third-order valence-corrected chi connectivity index (χ3v) is 1.66. The van der Waals surface area contributed by atoms with Crippen molar-refractivity contribution in [1.82, 2.24) is 0 Å². The molecule has 0 aliphatic heterocycles. The molecule has 0 N–H and O–H groups in total. The van der Waals surface area contributed by atoms with E-state index in [-0.39, 0.29) is 0 Å². The van der Waals surface area contributed by atoms with Crippen LogP contribution in [0.4, 0.5) is 0 Å². The summed E-state index contributed by atoms with van der Waals surface area (Å²) in [7, 11) is 0. The quantitative estimate of drug-likeness (QED) is 0.736. The summed E-state index contributed by atoms with van der Waals surface area (Å²) in [5.74, 6) is 0. The van der Waals surface area contributed by atoms with Crippen molar-refractivity contribution in [2.24, 2.45) is 0 Å². The SMILES string of the molecule is [W]=[CH]c1ccoc1. The first-order valence-corrected chi connectivity index (χ1v) is 3.60. The van der Waals surface area contributed by atoms with E-state index in [0.29, 0.717) is 0 Å². The van der Waals surface area contributed by atoms with Crippen molar-refractivity contribution in [1.29, 1.82) is 0 Å². The molecule has 1 nitrogen and oxygen atoms in total. The number of hydrogen-bond acceptors (Lipinski definition) is 1. The molecule has 7 heavy (non-hydrogen) atoms. The molecule has 1 aromatic heterocycles. The summed E-state index contributed by atoms with van der Waals surface area (Å²) in [5, 5.41) is 0. The van der Waals surface area contributed by atoms with Gasteiger partial charge in [0.2, 0.25) is 0 Å². The molecule has 0 aromatic carbocycles. The molecule has 0 saturated heterocycles. The second-order valence-electron chi connectivity index (χ2n) is 1.17. The molecule has 0 aliphatic rings. The molecule has 0 amide bonds. The van der Waals surface area contributed by atoms with E-state index in [1.807, 2.05) is 6.07 Å². The Kier molecular flexibility index (Phi) is 1.58. The van der Waals surface area contributed by atoms with Crippen molar-refractivity contribution in [2.45, 2.75) is 0 Å². The van der Waals surface area contributed by atoms with Gasteiger partial charge in [0.1, 0.15) is 0 Å². The van der Waals surface area contributed by atoms with Crippen LogP contribution in [0.2, 0.25) is 0 Å². The molecule has 0 saturated carbocycles. The zero-order chi connectivity index (χ0) is 5.11. The fraction of sp³-hybridized carbons (Fsp3) is 0. The van der Waals surface area contributed by atoms with E-state index in [9.17, 15) is 0 Å². The topological polar surface area (TPSA) is 13.1 Å². The fourth-order valence-electron chi connectivity index (χ4n) is 0.342. The zero-order valence-electron chi connectivity index (χ0n) is 3.63. The van der Waals surface area contributed by atoms with Gasteiger partial charge in [-0.15, -0.1) is 0 Å². The van der Waals surface area contributed by atoms with Crippen LogP contribution in [-0.4, -0.2) is 4.40 Å². The summed E-state index contributed by atoms with van der Waals surface area (Å²) in [6.45, 7) is 0. The Morgan fingerprint density at radius 1 is 1.71 bits per heavy atom. The van der Waals surface area contributed by atoms with Crippen LogP contribution in [-0.2, 0) is 19.4 Å². The van der Waals surface area contributed by atoms with Crippen LogP contribution < -0.4 is 0 Å². The Bertz CT molecular complexity index is 143. The van der Waals surface area contributed by atoms with E-state index < -0.39 is 0 Å². The second-order valence-corrected chi connectivity index (χ2v) is 2.02. The predicted molar refractivity (Wildman–Crippen MR) is 23.9 cm³/mol. The average molecular weight is 264 g/mol. The van der Waals surface area contributed by atoms with E-state index in [4.69, 9.17) is 4.42 Å². The zero-order valence-corrected chi connectivity index (χ0v) is 6.56. The summed E-state index contributed by atoms with van der Waals surface area (Å²) >= 11 is 1.45. The van der Waals surface area contributed by atoms with Crippen LogP contribution >= 0.6 is 0 Å². The Labute approximate surface area is 52.7 Å². The van der Waals surface area contributed by atoms with Crippen LogP contribution in [0.1, 0.15) is 5.56 Å². The van der Waals surface area contributed by atoms with Crippen molar-refractivity contribution < 1.29 is 23.8 Å². The van der Waals surface area contributed by atoms with Gasteiger partial charge in [-0.05, 0) is 0 Å². The molecule has 36 valence electrons. The third-order valence-electron chi connectivity index (χ3n) is 0.679. The van der Waals surface area contributed by atoms with E-state index in [2.05, 4.69) is 4.40 Å². The van der Waals surface area contributed by atoms with Crippen molar-refractivity contribution >= 4 is 4.40 Å². The maximum absolute atomic E-state index is 4.79. The summed E-state index contributed by atoms with van der Waals surface area (Å²) in [6.07, 6.45) is 3.40. The predicted octanol–water partition coefficient (Wildman–Crippen LogP) is 0.977. The van der Waals surface area contributed by atoms with E-state index in [0.717, 1.165) is 0 Å². The van der Waals surface area contributed by atoms with Crippen LogP contribution in [0, 0.1) is 0 Å². The summed E-state index contributed by atoms with van der Waals surface area (Å²) in [6, 6.07) is 1.94. The molecular weight excluding hydrogens is 260 g/mol. The molecule has 1 aromatic rings. The van der Waals surface area contributed by atoms with Gasteiger partial charge >= 0.3 is 52.3 Å². The molecule has 0 fully saturated rings. The molecule has 1 rings (SSSR count). The third kappa shape index (κ3) is 1.10. The van der Waals surface area contributed by atoms with Gasteiger partial charge in [-0.25, -0.2) is 0 Å². The maximum atomic E-state index is 4.79. The Hall–Kier alpha value is -0.162. The monoisotopic (exact) mass is 264 g/mol. The standard InChI is InChI=1S/C5H4O.W/c1-5-2-3-6-4-5;/h1-4H;. The van der Waals surface area contributed by atoms with Gasteiger partial charge in [-0.2, -0.15) is 0 Å². The molecule has 2 heteroatoms. The number of hydrogen-bond donors (Lipinski definition) is 0. The molecule has 0 atom stereocenters. The Morgan fingerprint density at radius 3 is 2.86 bits per heavy atom. The minimum atomic E-state index is 1.18. The summed E-state index contributed by atoms with van der Waals surface area (Å²) < 4.78 is 6.86. The van der Waals surface area contributed by atoms with Crippen molar-refractivity contribution in [3.05, 3.63) is 24.2 Å².